The van der Waals surface area contributed by atoms with Crippen molar-refractivity contribution in [2.75, 3.05) is 19.8 Å². The summed E-state index contributed by atoms with van der Waals surface area (Å²) < 4.78 is 11.3. The third kappa shape index (κ3) is 4.01. The number of hydrogen-bond acceptors (Lipinski definition) is 3. The quantitative estimate of drug-likeness (QED) is 0.577. The molecule has 0 aliphatic carbocycles. The van der Waals surface area contributed by atoms with E-state index in [1.807, 2.05) is 12.1 Å². The Kier molecular flexibility index (Phi) is 5.93. The van der Waals surface area contributed by atoms with E-state index in [2.05, 4.69) is 31.0 Å². The molecule has 1 aromatic rings. The van der Waals surface area contributed by atoms with Gasteiger partial charge in [0.25, 0.3) is 0 Å². The minimum atomic E-state index is 0.380. The molecule has 0 spiro atoms. The molecule has 1 heterocycles. The van der Waals surface area contributed by atoms with Crippen LogP contribution in [0.4, 0.5) is 0 Å². The zero-order valence-corrected chi connectivity index (χ0v) is 12.4. The van der Waals surface area contributed by atoms with Gasteiger partial charge in [-0.05, 0) is 49.9 Å². The zero-order valence-electron chi connectivity index (χ0n) is 12.4. The van der Waals surface area contributed by atoms with Crippen molar-refractivity contribution in [3.63, 3.8) is 0 Å². The van der Waals surface area contributed by atoms with Crippen molar-refractivity contribution in [1.82, 2.24) is 5.32 Å². The molecule has 0 bridgehead atoms. The topological polar surface area (TPSA) is 30.5 Å². The Morgan fingerprint density at radius 3 is 2.85 bits per heavy atom. The van der Waals surface area contributed by atoms with Gasteiger partial charge >= 0.3 is 0 Å². The molecule has 0 radical (unpaired) electrons. The smallest absolute Gasteiger partial charge is 0.161 e. The van der Waals surface area contributed by atoms with Crippen LogP contribution in [0.2, 0.25) is 0 Å². The Morgan fingerprint density at radius 2 is 2.10 bits per heavy atom. The van der Waals surface area contributed by atoms with E-state index >= 15 is 0 Å². The van der Waals surface area contributed by atoms with Crippen molar-refractivity contribution in [2.45, 2.75) is 38.6 Å². The highest BCUT2D eigenvalue weighted by Crippen LogP contribution is 2.33. The van der Waals surface area contributed by atoms with Crippen molar-refractivity contribution >= 4 is 0 Å². The van der Waals surface area contributed by atoms with Crippen LogP contribution >= 0.6 is 0 Å². The van der Waals surface area contributed by atoms with Crippen molar-refractivity contribution in [2.24, 2.45) is 0 Å². The van der Waals surface area contributed by atoms with Crippen LogP contribution in [0.15, 0.2) is 30.9 Å². The largest absolute Gasteiger partial charge is 0.486 e. The van der Waals surface area contributed by atoms with Crippen molar-refractivity contribution in [1.29, 1.82) is 0 Å². The van der Waals surface area contributed by atoms with E-state index in [1.54, 1.807) is 0 Å². The van der Waals surface area contributed by atoms with Gasteiger partial charge < -0.3 is 14.8 Å². The van der Waals surface area contributed by atoms with Crippen LogP contribution in [0.1, 0.15) is 44.2 Å². The highest BCUT2D eigenvalue weighted by molar-refractivity contribution is 5.44. The van der Waals surface area contributed by atoms with E-state index < -0.39 is 0 Å². The molecule has 0 amide bonds. The van der Waals surface area contributed by atoms with Gasteiger partial charge in [-0.25, -0.2) is 0 Å². The molecule has 0 saturated heterocycles. The molecule has 3 heteroatoms. The van der Waals surface area contributed by atoms with Crippen LogP contribution in [0.25, 0.3) is 0 Å². The summed E-state index contributed by atoms with van der Waals surface area (Å²) in [6.45, 7) is 8.30. The third-order valence-electron chi connectivity index (χ3n) is 3.51. The average molecular weight is 275 g/mol. The highest BCUT2D eigenvalue weighted by atomic mass is 16.6. The Balaban J connectivity index is 2.07. The minimum Gasteiger partial charge on any atom is -0.486 e. The number of rotatable bonds is 8. The van der Waals surface area contributed by atoms with Crippen molar-refractivity contribution in [3.05, 3.63) is 36.4 Å². The molecule has 1 atom stereocenters. The fourth-order valence-electron chi connectivity index (χ4n) is 2.45. The molecule has 1 aromatic carbocycles. The minimum absolute atomic E-state index is 0.380. The Labute approximate surface area is 122 Å². The molecule has 3 nitrogen and oxygen atoms in total. The number of ether oxygens (including phenoxy) is 2. The number of fused-ring (bicyclic) bond motifs is 1. The lowest BCUT2D eigenvalue weighted by Crippen LogP contribution is -2.23. The molecule has 1 aliphatic heterocycles. The predicted molar refractivity (Wildman–Crippen MR) is 82.5 cm³/mol. The van der Waals surface area contributed by atoms with Gasteiger partial charge in [0, 0.05) is 6.04 Å². The zero-order chi connectivity index (χ0) is 14.2. The van der Waals surface area contributed by atoms with E-state index in [1.165, 1.54) is 5.56 Å². The van der Waals surface area contributed by atoms with Gasteiger partial charge in [0.05, 0.1) is 0 Å². The molecule has 1 aliphatic rings. The lowest BCUT2D eigenvalue weighted by Gasteiger charge is -2.23. The molecule has 110 valence electrons. The summed E-state index contributed by atoms with van der Waals surface area (Å²) in [5, 5.41) is 3.62. The van der Waals surface area contributed by atoms with Gasteiger partial charge in [-0.1, -0.05) is 19.1 Å². The van der Waals surface area contributed by atoms with E-state index in [0.717, 1.165) is 43.7 Å². The van der Waals surface area contributed by atoms with Gasteiger partial charge in [0.2, 0.25) is 0 Å². The Bertz CT molecular complexity index is 431. The number of unbranched alkanes of at least 4 members (excludes halogenated alkanes) is 1. The summed E-state index contributed by atoms with van der Waals surface area (Å²) in [7, 11) is 0. The van der Waals surface area contributed by atoms with Crippen LogP contribution in [0.3, 0.4) is 0 Å². The van der Waals surface area contributed by atoms with Gasteiger partial charge in [-0.2, -0.15) is 0 Å². The summed E-state index contributed by atoms with van der Waals surface area (Å²) >= 11 is 0. The lowest BCUT2D eigenvalue weighted by molar-refractivity contribution is 0.171. The lowest BCUT2D eigenvalue weighted by atomic mass is 10.00. The number of benzene rings is 1. The molecule has 1 unspecified atom stereocenters. The Hall–Kier alpha value is -1.48. The summed E-state index contributed by atoms with van der Waals surface area (Å²) in [5.74, 6) is 1.74. The second-order valence-electron chi connectivity index (χ2n) is 5.13. The summed E-state index contributed by atoms with van der Waals surface area (Å²) in [4.78, 5) is 0. The second kappa shape index (κ2) is 7.95. The van der Waals surface area contributed by atoms with Crippen LogP contribution in [-0.4, -0.2) is 19.8 Å². The maximum absolute atomic E-state index is 5.68. The summed E-state index contributed by atoms with van der Waals surface area (Å²) in [6.07, 6.45) is 6.46. The number of allylic oxidation sites excluding steroid dienone is 1. The predicted octanol–water partition coefficient (Wildman–Crippen LogP) is 3.85. The van der Waals surface area contributed by atoms with Crippen molar-refractivity contribution < 1.29 is 9.47 Å². The summed E-state index contributed by atoms with van der Waals surface area (Å²) in [6, 6.07) is 6.67. The first-order chi connectivity index (χ1) is 9.85. The molecule has 20 heavy (non-hydrogen) atoms. The van der Waals surface area contributed by atoms with Crippen LogP contribution in [0, 0.1) is 0 Å². The normalized spacial score (nSPS) is 14.8. The molecule has 2 rings (SSSR count). The first-order valence-electron chi connectivity index (χ1n) is 7.59. The molecular formula is C17H25NO2. The van der Waals surface area contributed by atoms with Gasteiger partial charge in [0.15, 0.2) is 11.5 Å². The first-order valence-corrected chi connectivity index (χ1v) is 7.59. The molecule has 1 N–H and O–H groups in total. The highest BCUT2D eigenvalue weighted by Gasteiger charge is 2.16. The fourth-order valence-corrected chi connectivity index (χ4v) is 2.45. The number of hydrogen-bond donors (Lipinski definition) is 1. The monoisotopic (exact) mass is 275 g/mol. The molecule has 0 saturated carbocycles. The van der Waals surface area contributed by atoms with Crippen LogP contribution in [0.5, 0.6) is 11.5 Å². The van der Waals surface area contributed by atoms with Gasteiger partial charge in [-0.15, -0.1) is 6.58 Å². The van der Waals surface area contributed by atoms with Gasteiger partial charge in [0.1, 0.15) is 13.2 Å². The SMILES string of the molecule is C=CCCCC(NCCC)c1ccc2c(c1)OCCO2. The number of nitrogens with one attached hydrogen (secondary N) is 1. The average Bonchev–Trinajstić information content (AvgIpc) is 2.50. The Morgan fingerprint density at radius 1 is 1.30 bits per heavy atom. The molecule has 0 aromatic heterocycles. The van der Waals surface area contributed by atoms with Crippen LogP contribution in [-0.2, 0) is 0 Å². The summed E-state index contributed by atoms with van der Waals surface area (Å²) in [5.41, 5.74) is 1.28. The third-order valence-corrected chi connectivity index (χ3v) is 3.51. The van der Waals surface area contributed by atoms with E-state index in [-0.39, 0.29) is 0 Å². The van der Waals surface area contributed by atoms with Gasteiger partial charge in [-0.3, -0.25) is 0 Å². The fraction of sp³-hybridized carbons (Fsp3) is 0.529. The second-order valence-corrected chi connectivity index (χ2v) is 5.13. The van der Waals surface area contributed by atoms with E-state index in [0.29, 0.717) is 19.3 Å². The maximum atomic E-state index is 5.68. The van der Waals surface area contributed by atoms with E-state index in [4.69, 9.17) is 9.47 Å². The van der Waals surface area contributed by atoms with E-state index in [9.17, 15) is 0 Å². The first kappa shape index (κ1) is 14.9. The standard InChI is InChI=1S/C17H25NO2/c1-3-5-6-7-15(18-10-4-2)14-8-9-16-17(13-14)20-12-11-19-16/h3,8-9,13,15,18H,1,4-7,10-12H2,2H3. The van der Waals surface area contributed by atoms with Crippen LogP contribution < -0.4 is 14.8 Å². The molecule has 0 fully saturated rings. The maximum Gasteiger partial charge on any atom is 0.161 e. The van der Waals surface area contributed by atoms with Crippen molar-refractivity contribution in [3.8, 4) is 11.5 Å². The molecular weight excluding hydrogens is 250 g/mol.